The maximum Gasteiger partial charge on any atom is 0.196 e. The number of carbonyl (C=O) groups excluding carboxylic acids is 1. The van der Waals surface area contributed by atoms with Crippen LogP contribution in [0.15, 0.2) is 16.5 Å². The van der Waals surface area contributed by atoms with Crippen molar-refractivity contribution in [2.45, 2.75) is 25.8 Å². The average Bonchev–Trinajstić information content (AvgIpc) is 3.09. The number of nitrogens with zero attached hydrogens (tertiary/aromatic N) is 1. The highest BCUT2D eigenvalue weighted by Crippen LogP contribution is 2.37. The van der Waals surface area contributed by atoms with Crippen molar-refractivity contribution in [1.82, 2.24) is 0 Å². The van der Waals surface area contributed by atoms with Crippen molar-refractivity contribution in [3.05, 3.63) is 17.9 Å². The molecule has 1 aromatic heterocycles. The Morgan fingerprint density at radius 3 is 2.88 bits per heavy atom. The molecule has 1 heterocycles. The Balaban J connectivity index is 2.09. The van der Waals surface area contributed by atoms with Gasteiger partial charge in [0.1, 0.15) is 0 Å². The van der Waals surface area contributed by atoms with Crippen molar-refractivity contribution in [3.63, 3.8) is 0 Å². The Bertz CT molecular complexity index is 370. The first-order chi connectivity index (χ1) is 8.26. The third kappa shape index (κ3) is 2.88. The highest BCUT2D eigenvalue weighted by molar-refractivity contribution is 5.71. The Morgan fingerprint density at radius 1 is 1.59 bits per heavy atom. The molecule has 1 aromatic rings. The van der Waals surface area contributed by atoms with Gasteiger partial charge in [-0.15, -0.1) is 0 Å². The maximum atomic E-state index is 10.6. The molecule has 1 atom stereocenters. The molecule has 2 rings (SSSR count). The lowest BCUT2D eigenvalue weighted by Crippen LogP contribution is -2.37. The SMILES string of the molecule is COCCN(c1ccc(C=O)o1)C(C)C1CC1. The summed E-state index contributed by atoms with van der Waals surface area (Å²) in [7, 11) is 1.69. The average molecular weight is 237 g/mol. The van der Waals surface area contributed by atoms with Crippen LogP contribution in [-0.4, -0.2) is 32.6 Å². The van der Waals surface area contributed by atoms with Crippen molar-refractivity contribution in [1.29, 1.82) is 0 Å². The largest absolute Gasteiger partial charge is 0.438 e. The molecule has 0 spiro atoms. The topological polar surface area (TPSA) is 42.7 Å². The van der Waals surface area contributed by atoms with E-state index in [1.807, 2.05) is 6.07 Å². The van der Waals surface area contributed by atoms with Gasteiger partial charge in [-0.05, 0) is 31.7 Å². The van der Waals surface area contributed by atoms with E-state index >= 15 is 0 Å². The van der Waals surface area contributed by atoms with E-state index in [4.69, 9.17) is 9.15 Å². The van der Waals surface area contributed by atoms with Crippen molar-refractivity contribution in [2.75, 3.05) is 25.2 Å². The highest BCUT2D eigenvalue weighted by atomic mass is 16.5. The third-order valence-corrected chi connectivity index (χ3v) is 3.34. The van der Waals surface area contributed by atoms with E-state index in [-0.39, 0.29) is 0 Å². The summed E-state index contributed by atoms with van der Waals surface area (Å²) in [5.41, 5.74) is 0. The molecule has 0 N–H and O–H groups in total. The number of ether oxygens (including phenoxy) is 1. The van der Waals surface area contributed by atoms with Crippen LogP contribution in [0.5, 0.6) is 0 Å². The van der Waals surface area contributed by atoms with E-state index in [0.717, 1.165) is 24.6 Å². The summed E-state index contributed by atoms with van der Waals surface area (Å²) in [6.07, 6.45) is 3.30. The minimum Gasteiger partial charge on any atom is -0.438 e. The van der Waals surface area contributed by atoms with Gasteiger partial charge < -0.3 is 14.1 Å². The van der Waals surface area contributed by atoms with E-state index in [0.29, 0.717) is 18.4 Å². The lowest BCUT2D eigenvalue weighted by molar-refractivity contribution is 0.110. The highest BCUT2D eigenvalue weighted by Gasteiger charge is 2.33. The van der Waals surface area contributed by atoms with Crippen molar-refractivity contribution in [2.24, 2.45) is 5.92 Å². The molecule has 0 amide bonds. The quantitative estimate of drug-likeness (QED) is 0.683. The molecule has 1 fully saturated rings. The zero-order valence-corrected chi connectivity index (χ0v) is 10.4. The number of rotatable bonds is 7. The fraction of sp³-hybridized carbons (Fsp3) is 0.615. The predicted molar refractivity (Wildman–Crippen MR) is 65.5 cm³/mol. The summed E-state index contributed by atoms with van der Waals surface area (Å²) >= 11 is 0. The van der Waals surface area contributed by atoms with Gasteiger partial charge in [0.05, 0.1) is 6.61 Å². The fourth-order valence-electron chi connectivity index (χ4n) is 2.10. The fourth-order valence-corrected chi connectivity index (χ4v) is 2.10. The number of carbonyl (C=O) groups is 1. The number of anilines is 1. The molecule has 1 aliphatic rings. The van der Waals surface area contributed by atoms with Crippen LogP contribution >= 0.6 is 0 Å². The first-order valence-electron chi connectivity index (χ1n) is 6.07. The van der Waals surface area contributed by atoms with Crippen LogP contribution in [0, 0.1) is 5.92 Å². The molecule has 0 bridgehead atoms. The van der Waals surface area contributed by atoms with Gasteiger partial charge in [0.25, 0.3) is 0 Å². The number of hydrogen-bond donors (Lipinski definition) is 0. The zero-order chi connectivity index (χ0) is 12.3. The van der Waals surface area contributed by atoms with E-state index in [1.54, 1.807) is 13.2 Å². The summed E-state index contributed by atoms with van der Waals surface area (Å²) in [5, 5.41) is 0. The van der Waals surface area contributed by atoms with Crippen LogP contribution in [0.2, 0.25) is 0 Å². The molecule has 1 unspecified atom stereocenters. The standard InChI is InChI=1S/C13H19NO3/c1-10(11-3-4-11)14(7-8-16-2)13-6-5-12(9-15)17-13/h5-6,9-11H,3-4,7-8H2,1-2H3. The first-order valence-corrected chi connectivity index (χ1v) is 6.07. The second-order valence-electron chi connectivity index (χ2n) is 4.56. The van der Waals surface area contributed by atoms with Gasteiger partial charge in [-0.3, -0.25) is 4.79 Å². The lowest BCUT2D eigenvalue weighted by Gasteiger charge is -2.28. The Hall–Kier alpha value is -1.29. The van der Waals surface area contributed by atoms with Crippen LogP contribution in [0.4, 0.5) is 5.88 Å². The van der Waals surface area contributed by atoms with Gasteiger partial charge in [0.15, 0.2) is 17.9 Å². The molecule has 4 heteroatoms. The van der Waals surface area contributed by atoms with Gasteiger partial charge in [-0.2, -0.15) is 0 Å². The molecule has 0 aliphatic heterocycles. The molecule has 0 radical (unpaired) electrons. The molecule has 1 saturated carbocycles. The van der Waals surface area contributed by atoms with E-state index in [2.05, 4.69) is 11.8 Å². The summed E-state index contributed by atoms with van der Waals surface area (Å²) in [4.78, 5) is 12.8. The van der Waals surface area contributed by atoms with Gasteiger partial charge in [-0.1, -0.05) is 0 Å². The Morgan fingerprint density at radius 2 is 2.35 bits per heavy atom. The Kier molecular flexibility index (Phi) is 3.84. The third-order valence-electron chi connectivity index (χ3n) is 3.34. The van der Waals surface area contributed by atoms with Gasteiger partial charge in [-0.25, -0.2) is 0 Å². The normalized spacial score (nSPS) is 16.8. The van der Waals surface area contributed by atoms with E-state index in [1.165, 1.54) is 12.8 Å². The molecule has 1 aliphatic carbocycles. The van der Waals surface area contributed by atoms with Gasteiger partial charge in [0, 0.05) is 25.8 Å². The lowest BCUT2D eigenvalue weighted by atomic mass is 10.2. The van der Waals surface area contributed by atoms with Crippen LogP contribution < -0.4 is 4.90 Å². The van der Waals surface area contributed by atoms with Crippen LogP contribution in [-0.2, 0) is 4.74 Å². The summed E-state index contributed by atoms with van der Waals surface area (Å²) in [6.45, 7) is 3.66. The number of aldehydes is 1. The van der Waals surface area contributed by atoms with E-state index < -0.39 is 0 Å². The predicted octanol–water partition coefficient (Wildman–Crippen LogP) is 2.34. The van der Waals surface area contributed by atoms with Gasteiger partial charge >= 0.3 is 0 Å². The summed E-state index contributed by atoms with van der Waals surface area (Å²) in [6, 6.07) is 4.01. The number of furan rings is 1. The minimum absolute atomic E-state index is 0.380. The Labute approximate surface area is 102 Å². The molecular weight excluding hydrogens is 218 g/mol. The first kappa shape index (κ1) is 12.2. The van der Waals surface area contributed by atoms with Crippen LogP contribution in [0.25, 0.3) is 0 Å². The smallest absolute Gasteiger partial charge is 0.196 e. The van der Waals surface area contributed by atoms with Crippen molar-refractivity contribution >= 4 is 12.2 Å². The zero-order valence-electron chi connectivity index (χ0n) is 10.4. The molecule has 0 aromatic carbocycles. The minimum atomic E-state index is 0.380. The van der Waals surface area contributed by atoms with Crippen LogP contribution in [0.3, 0.4) is 0 Å². The van der Waals surface area contributed by atoms with Crippen molar-refractivity contribution in [3.8, 4) is 0 Å². The second kappa shape index (κ2) is 5.36. The monoisotopic (exact) mass is 237 g/mol. The van der Waals surface area contributed by atoms with Crippen LogP contribution in [0.1, 0.15) is 30.3 Å². The summed E-state index contributed by atoms with van der Waals surface area (Å²) in [5.74, 6) is 1.89. The number of hydrogen-bond acceptors (Lipinski definition) is 4. The molecular formula is C13H19NO3. The summed E-state index contributed by atoms with van der Waals surface area (Å²) < 4.78 is 10.6. The molecule has 94 valence electrons. The number of methoxy groups -OCH3 is 1. The second-order valence-corrected chi connectivity index (χ2v) is 4.56. The maximum absolute atomic E-state index is 10.6. The molecule has 4 nitrogen and oxygen atoms in total. The van der Waals surface area contributed by atoms with E-state index in [9.17, 15) is 4.79 Å². The van der Waals surface area contributed by atoms with Crippen molar-refractivity contribution < 1.29 is 13.9 Å². The van der Waals surface area contributed by atoms with Gasteiger partial charge in [0.2, 0.25) is 0 Å². The molecule has 17 heavy (non-hydrogen) atoms. The molecule has 0 saturated heterocycles.